The van der Waals surface area contributed by atoms with Gasteiger partial charge < -0.3 is 28.8 Å². The zero-order valence-electron chi connectivity index (χ0n) is 23.6. The van der Waals surface area contributed by atoms with E-state index >= 15 is 0 Å². The molecular weight excluding hydrogens is 548 g/mol. The number of ether oxygens (including phenoxy) is 5. The van der Waals surface area contributed by atoms with Crippen LogP contribution in [-0.4, -0.2) is 54.8 Å². The molecule has 0 saturated carbocycles. The molecule has 0 spiro atoms. The quantitative estimate of drug-likeness (QED) is 0.165. The summed E-state index contributed by atoms with van der Waals surface area (Å²) >= 11 is 1.60. The van der Waals surface area contributed by atoms with Crippen molar-refractivity contribution < 1.29 is 28.8 Å². The summed E-state index contributed by atoms with van der Waals surface area (Å²) in [5.74, 6) is 0. The molecule has 42 heavy (non-hydrogen) atoms. The molecule has 7 heteroatoms. The van der Waals surface area contributed by atoms with Crippen molar-refractivity contribution in [1.82, 2.24) is 0 Å². The third-order valence-corrected chi connectivity index (χ3v) is 8.12. The Labute approximate surface area is 252 Å². The van der Waals surface area contributed by atoms with Crippen LogP contribution in [0, 0.1) is 0 Å². The van der Waals surface area contributed by atoms with Gasteiger partial charge in [-0.05, 0) is 28.8 Å². The average Bonchev–Trinajstić information content (AvgIpc) is 3.05. The molecule has 5 rings (SSSR count). The number of aliphatic hydroxyl groups excluding tert-OH is 1. The number of rotatable bonds is 15. The molecule has 6 nitrogen and oxygen atoms in total. The zero-order chi connectivity index (χ0) is 28.8. The van der Waals surface area contributed by atoms with Gasteiger partial charge in [-0.3, -0.25) is 0 Å². The summed E-state index contributed by atoms with van der Waals surface area (Å²) in [5.41, 5.74) is 2.79. The highest BCUT2D eigenvalue weighted by Crippen LogP contribution is 2.38. The summed E-state index contributed by atoms with van der Waals surface area (Å²) in [5, 5.41) is 9.40. The number of benzene rings is 4. The van der Waals surface area contributed by atoms with Gasteiger partial charge >= 0.3 is 0 Å². The van der Waals surface area contributed by atoms with Crippen molar-refractivity contribution in [3.05, 3.63) is 138 Å². The van der Waals surface area contributed by atoms with Gasteiger partial charge in [0.2, 0.25) is 0 Å². The topological polar surface area (TPSA) is 66.4 Å². The van der Waals surface area contributed by atoms with E-state index in [1.807, 2.05) is 84.9 Å². The molecule has 0 bridgehead atoms. The van der Waals surface area contributed by atoms with Crippen LogP contribution in [-0.2, 0) is 43.5 Å². The van der Waals surface area contributed by atoms with Crippen LogP contribution in [0.3, 0.4) is 0 Å². The molecule has 0 amide bonds. The first-order valence-corrected chi connectivity index (χ1v) is 15.2. The lowest BCUT2D eigenvalue weighted by atomic mass is 9.99. The summed E-state index contributed by atoms with van der Waals surface area (Å²) in [4.78, 5) is 1.07. The van der Waals surface area contributed by atoms with Gasteiger partial charge in [0.05, 0.1) is 39.6 Å². The smallest absolute Gasteiger partial charge is 0.137 e. The summed E-state index contributed by atoms with van der Waals surface area (Å²) in [6, 6.07) is 40.5. The molecule has 0 aromatic heterocycles. The van der Waals surface area contributed by atoms with Gasteiger partial charge in [-0.2, -0.15) is 0 Å². The molecule has 5 atom stereocenters. The van der Waals surface area contributed by atoms with Gasteiger partial charge in [0.1, 0.15) is 29.9 Å². The highest BCUT2D eigenvalue weighted by molar-refractivity contribution is 7.99. The molecule has 1 fully saturated rings. The van der Waals surface area contributed by atoms with E-state index in [0.29, 0.717) is 19.8 Å². The first-order valence-electron chi connectivity index (χ1n) is 14.3. The number of aliphatic hydroxyl groups is 1. The molecule has 0 radical (unpaired) electrons. The van der Waals surface area contributed by atoms with Crippen LogP contribution >= 0.6 is 11.8 Å². The second kappa shape index (κ2) is 16.6. The molecule has 1 aliphatic heterocycles. The van der Waals surface area contributed by atoms with Crippen LogP contribution in [0.4, 0.5) is 0 Å². The van der Waals surface area contributed by atoms with E-state index in [4.69, 9.17) is 23.7 Å². The van der Waals surface area contributed by atoms with E-state index in [0.717, 1.165) is 21.6 Å². The first-order chi connectivity index (χ1) is 20.8. The van der Waals surface area contributed by atoms with E-state index in [1.165, 1.54) is 0 Å². The molecular formula is C35H38O6S. The average molecular weight is 587 g/mol. The monoisotopic (exact) mass is 586 g/mol. The van der Waals surface area contributed by atoms with Crippen molar-refractivity contribution in [2.45, 2.75) is 54.6 Å². The lowest BCUT2D eigenvalue weighted by Gasteiger charge is -2.46. The molecule has 0 unspecified atom stereocenters. The molecule has 0 aliphatic carbocycles. The van der Waals surface area contributed by atoms with Crippen LogP contribution in [0.1, 0.15) is 16.7 Å². The fraction of sp³-hybridized carbons (Fsp3) is 0.314. The maximum Gasteiger partial charge on any atom is 0.137 e. The SMILES string of the molecule is OCCOC[C@H]1O[C@@H](Sc2ccccc2)[C@H](OCc2ccccc2)[C@@H](OCc2ccccc2)[C@H]1OCc1ccccc1. The van der Waals surface area contributed by atoms with Crippen LogP contribution in [0.15, 0.2) is 126 Å². The van der Waals surface area contributed by atoms with Crippen LogP contribution in [0.25, 0.3) is 0 Å². The Morgan fingerprint density at radius 2 is 1.02 bits per heavy atom. The van der Waals surface area contributed by atoms with Crippen molar-refractivity contribution in [2.24, 2.45) is 0 Å². The Morgan fingerprint density at radius 3 is 1.52 bits per heavy atom. The summed E-state index contributed by atoms with van der Waals surface area (Å²) in [6.07, 6.45) is -1.84. The minimum absolute atomic E-state index is 0.0683. The first kappa shape index (κ1) is 30.4. The fourth-order valence-corrected chi connectivity index (χ4v) is 6.02. The van der Waals surface area contributed by atoms with Gasteiger partial charge in [-0.15, -0.1) is 0 Å². The van der Waals surface area contributed by atoms with Crippen molar-refractivity contribution in [3.63, 3.8) is 0 Å². The van der Waals surface area contributed by atoms with Gasteiger partial charge in [-0.25, -0.2) is 0 Å². The van der Waals surface area contributed by atoms with Crippen LogP contribution in [0.5, 0.6) is 0 Å². The highest BCUT2D eigenvalue weighted by atomic mass is 32.2. The summed E-state index contributed by atoms with van der Waals surface area (Å²) in [6.45, 7) is 1.59. The molecule has 220 valence electrons. The second-order valence-corrected chi connectivity index (χ2v) is 11.2. The largest absolute Gasteiger partial charge is 0.394 e. The van der Waals surface area contributed by atoms with Crippen LogP contribution in [0.2, 0.25) is 0 Å². The Morgan fingerprint density at radius 1 is 0.571 bits per heavy atom. The highest BCUT2D eigenvalue weighted by Gasteiger charge is 2.48. The number of hydrogen-bond donors (Lipinski definition) is 1. The third kappa shape index (κ3) is 8.99. The van der Waals surface area contributed by atoms with E-state index < -0.39 is 29.9 Å². The second-order valence-electron chi connectivity index (χ2n) is 10.1. The maximum absolute atomic E-state index is 9.40. The van der Waals surface area contributed by atoms with Gasteiger partial charge in [-0.1, -0.05) is 121 Å². The summed E-state index contributed by atoms with van der Waals surface area (Å²) in [7, 11) is 0. The van der Waals surface area contributed by atoms with Gasteiger partial charge in [0.15, 0.2) is 0 Å². The molecule has 4 aromatic carbocycles. The van der Waals surface area contributed by atoms with E-state index in [2.05, 4.69) is 36.4 Å². The van der Waals surface area contributed by atoms with Crippen molar-refractivity contribution >= 4 is 11.8 Å². The van der Waals surface area contributed by atoms with Gasteiger partial charge in [0.25, 0.3) is 0 Å². The Balaban J connectivity index is 1.46. The van der Waals surface area contributed by atoms with Crippen molar-refractivity contribution in [1.29, 1.82) is 0 Å². The summed E-state index contributed by atoms with van der Waals surface area (Å²) < 4.78 is 32.6. The standard InChI is InChI=1S/C35H38O6S/c36-21-22-37-26-31-32(38-23-27-13-5-1-6-14-27)33(39-24-28-15-7-2-8-16-28)34(40-25-29-17-9-3-10-18-29)35(41-31)42-30-19-11-4-12-20-30/h1-20,31-36H,21-26H2/t31-,32+,33+,34-,35+/m1/s1. The number of hydrogen-bond acceptors (Lipinski definition) is 7. The van der Waals surface area contributed by atoms with E-state index in [1.54, 1.807) is 11.8 Å². The Kier molecular flexibility index (Phi) is 12.0. The molecule has 1 N–H and O–H groups in total. The van der Waals surface area contributed by atoms with E-state index in [9.17, 15) is 5.11 Å². The minimum atomic E-state index is -0.485. The number of thioether (sulfide) groups is 1. The Hall–Kier alpha value is -3.01. The minimum Gasteiger partial charge on any atom is -0.394 e. The lowest BCUT2D eigenvalue weighted by molar-refractivity contribution is -0.254. The molecule has 1 aliphatic rings. The molecule has 4 aromatic rings. The van der Waals surface area contributed by atoms with Crippen LogP contribution < -0.4 is 0 Å². The lowest BCUT2D eigenvalue weighted by Crippen LogP contribution is -2.60. The molecule has 1 saturated heterocycles. The molecule has 1 heterocycles. The predicted octanol–water partition coefficient (Wildman–Crippen LogP) is 6.27. The fourth-order valence-electron chi connectivity index (χ4n) is 4.87. The van der Waals surface area contributed by atoms with E-state index in [-0.39, 0.29) is 19.8 Å². The normalized spacial score (nSPS) is 22.2. The van der Waals surface area contributed by atoms with Crippen molar-refractivity contribution in [3.8, 4) is 0 Å². The third-order valence-electron chi connectivity index (χ3n) is 6.96. The predicted molar refractivity (Wildman–Crippen MR) is 164 cm³/mol. The van der Waals surface area contributed by atoms with Crippen molar-refractivity contribution in [2.75, 3.05) is 19.8 Å². The Bertz CT molecular complexity index is 1280. The van der Waals surface area contributed by atoms with Gasteiger partial charge in [0, 0.05) is 4.90 Å². The maximum atomic E-state index is 9.40. The zero-order valence-corrected chi connectivity index (χ0v) is 24.4.